The molecule has 0 saturated heterocycles. The van der Waals surface area contributed by atoms with E-state index in [1.54, 1.807) is 6.07 Å². The number of amides is 1. The van der Waals surface area contributed by atoms with Gasteiger partial charge in [0.1, 0.15) is 11.8 Å². The zero-order valence-corrected chi connectivity index (χ0v) is 13.7. The molecule has 0 radical (unpaired) electrons. The van der Waals surface area contributed by atoms with E-state index in [1.165, 1.54) is 28.9 Å². The molecule has 5 nitrogen and oxygen atoms in total. The highest BCUT2D eigenvalue weighted by Gasteiger charge is 2.09. The minimum atomic E-state index is -0.202. The molecule has 2 aromatic heterocycles. The van der Waals surface area contributed by atoms with E-state index in [0.29, 0.717) is 17.8 Å². The van der Waals surface area contributed by atoms with Crippen molar-refractivity contribution in [1.82, 2.24) is 15.3 Å². The number of aromatic amines is 1. The van der Waals surface area contributed by atoms with Gasteiger partial charge in [-0.25, -0.2) is 4.98 Å². The van der Waals surface area contributed by atoms with Crippen LogP contribution in [0.4, 0.5) is 0 Å². The van der Waals surface area contributed by atoms with Crippen molar-refractivity contribution in [2.24, 2.45) is 0 Å². The van der Waals surface area contributed by atoms with Gasteiger partial charge >= 0.3 is 0 Å². The van der Waals surface area contributed by atoms with Gasteiger partial charge in [-0.05, 0) is 48.7 Å². The van der Waals surface area contributed by atoms with Crippen molar-refractivity contribution < 1.29 is 4.79 Å². The molecule has 0 aliphatic rings. The summed E-state index contributed by atoms with van der Waals surface area (Å²) in [6.07, 6.45) is 2.39. The van der Waals surface area contributed by atoms with Crippen LogP contribution in [0.1, 0.15) is 39.8 Å². The van der Waals surface area contributed by atoms with Crippen molar-refractivity contribution in [3.63, 3.8) is 0 Å². The van der Waals surface area contributed by atoms with Crippen molar-refractivity contribution in [2.45, 2.75) is 26.8 Å². The summed E-state index contributed by atoms with van der Waals surface area (Å²) in [5, 5.41) is 12.8. The summed E-state index contributed by atoms with van der Waals surface area (Å²) < 4.78 is 0. The highest BCUT2D eigenvalue weighted by Crippen LogP contribution is 2.23. The third-order valence-corrected chi connectivity index (χ3v) is 4.17. The third-order valence-electron chi connectivity index (χ3n) is 4.17. The normalized spacial score (nSPS) is 10.5. The van der Waals surface area contributed by atoms with E-state index in [1.807, 2.05) is 18.2 Å². The molecule has 0 atom stereocenters. The first-order valence-corrected chi connectivity index (χ1v) is 7.86. The molecule has 120 valence electrons. The molecule has 1 aromatic carbocycles. The van der Waals surface area contributed by atoms with Crippen LogP contribution < -0.4 is 5.32 Å². The van der Waals surface area contributed by atoms with E-state index in [4.69, 9.17) is 5.26 Å². The molecule has 0 fully saturated rings. The van der Waals surface area contributed by atoms with Gasteiger partial charge in [0, 0.05) is 29.3 Å². The van der Waals surface area contributed by atoms with Crippen LogP contribution in [0.2, 0.25) is 0 Å². The highest BCUT2D eigenvalue weighted by atomic mass is 16.1. The first kappa shape index (κ1) is 15.8. The van der Waals surface area contributed by atoms with Gasteiger partial charge < -0.3 is 10.3 Å². The maximum absolute atomic E-state index is 12.2. The van der Waals surface area contributed by atoms with Crippen LogP contribution in [-0.4, -0.2) is 15.9 Å². The molecule has 1 amide bonds. The van der Waals surface area contributed by atoms with E-state index in [2.05, 4.69) is 35.2 Å². The Bertz CT molecular complexity index is 932. The second-order valence-corrected chi connectivity index (χ2v) is 5.69. The van der Waals surface area contributed by atoms with Gasteiger partial charge in [0.25, 0.3) is 5.91 Å². The van der Waals surface area contributed by atoms with Gasteiger partial charge in [0.05, 0.1) is 5.56 Å². The summed E-state index contributed by atoms with van der Waals surface area (Å²) in [6.45, 7) is 4.69. The molecule has 2 heterocycles. The van der Waals surface area contributed by atoms with Crippen molar-refractivity contribution in [2.75, 3.05) is 0 Å². The van der Waals surface area contributed by atoms with Gasteiger partial charge in [-0.15, -0.1) is 0 Å². The summed E-state index contributed by atoms with van der Waals surface area (Å²) in [4.78, 5) is 19.5. The van der Waals surface area contributed by atoms with E-state index < -0.39 is 0 Å². The number of benzene rings is 1. The summed E-state index contributed by atoms with van der Waals surface area (Å²) in [5.41, 5.74) is 5.41. The number of nitrogens with one attached hydrogen (secondary N) is 2. The lowest BCUT2D eigenvalue weighted by molar-refractivity contribution is 0.0950. The number of nitrogens with zero attached hydrogens (tertiary/aromatic N) is 2. The minimum absolute atomic E-state index is 0.202. The fraction of sp³-hybridized carbons (Fsp3) is 0.211. The molecule has 0 bridgehead atoms. The van der Waals surface area contributed by atoms with Crippen LogP contribution in [0, 0.1) is 18.3 Å². The van der Waals surface area contributed by atoms with E-state index in [0.717, 1.165) is 17.5 Å². The lowest BCUT2D eigenvalue weighted by Gasteiger charge is -2.06. The monoisotopic (exact) mass is 318 g/mol. The number of aryl methyl sites for hydroxylation is 2. The van der Waals surface area contributed by atoms with Crippen LogP contribution in [0.5, 0.6) is 0 Å². The molecule has 24 heavy (non-hydrogen) atoms. The molecule has 2 N–H and O–H groups in total. The van der Waals surface area contributed by atoms with Crippen LogP contribution in [0.3, 0.4) is 0 Å². The lowest BCUT2D eigenvalue weighted by atomic mass is 10.1. The van der Waals surface area contributed by atoms with Gasteiger partial charge in [0.15, 0.2) is 0 Å². The maximum atomic E-state index is 12.2. The first-order chi connectivity index (χ1) is 11.6. The molecular weight excluding hydrogens is 300 g/mol. The molecule has 0 saturated carbocycles. The Morgan fingerprint density at radius 1 is 1.33 bits per heavy atom. The molecule has 5 heteroatoms. The summed E-state index contributed by atoms with van der Waals surface area (Å²) in [7, 11) is 0. The number of pyridine rings is 1. The van der Waals surface area contributed by atoms with Gasteiger partial charge in [-0.3, -0.25) is 4.79 Å². The minimum Gasteiger partial charge on any atom is -0.358 e. The Hall–Kier alpha value is -3.13. The number of carbonyl (C=O) groups is 1. The molecule has 0 spiro atoms. The van der Waals surface area contributed by atoms with E-state index in [-0.39, 0.29) is 5.91 Å². The molecule has 0 unspecified atom stereocenters. The molecular formula is C19H18N4O. The van der Waals surface area contributed by atoms with Crippen molar-refractivity contribution in [3.05, 3.63) is 64.6 Å². The fourth-order valence-corrected chi connectivity index (χ4v) is 2.77. The topological polar surface area (TPSA) is 81.6 Å². The zero-order chi connectivity index (χ0) is 17.1. The highest BCUT2D eigenvalue weighted by molar-refractivity contribution is 5.94. The van der Waals surface area contributed by atoms with Gasteiger partial charge in [0.2, 0.25) is 0 Å². The summed E-state index contributed by atoms with van der Waals surface area (Å²) in [6, 6.07) is 11.2. The second kappa shape index (κ2) is 6.55. The third kappa shape index (κ3) is 2.99. The predicted molar refractivity (Wildman–Crippen MR) is 92.5 cm³/mol. The molecule has 0 aliphatic carbocycles. The largest absolute Gasteiger partial charge is 0.358 e. The number of carbonyl (C=O) groups excluding carboxylic acids is 1. The van der Waals surface area contributed by atoms with Crippen LogP contribution >= 0.6 is 0 Å². The number of hydrogen-bond donors (Lipinski definition) is 2. The van der Waals surface area contributed by atoms with Crippen molar-refractivity contribution >= 4 is 16.8 Å². The Labute approximate surface area is 140 Å². The van der Waals surface area contributed by atoms with Crippen molar-refractivity contribution in [3.8, 4) is 6.07 Å². The predicted octanol–water partition coefficient (Wildman–Crippen LogP) is 3.24. The number of aromatic nitrogens is 2. The maximum Gasteiger partial charge on any atom is 0.253 e. The zero-order valence-electron chi connectivity index (χ0n) is 13.7. The average Bonchev–Trinajstić information content (AvgIpc) is 2.95. The Balaban J connectivity index is 1.74. The molecule has 3 aromatic rings. The lowest BCUT2D eigenvalue weighted by Crippen LogP contribution is -2.22. The van der Waals surface area contributed by atoms with Crippen LogP contribution in [0.15, 0.2) is 36.5 Å². The number of rotatable bonds is 4. The van der Waals surface area contributed by atoms with Crippen molar-refractivity contribution in [1.29, 1.82) is 5.26 Å². The van der Waals surface area contributed by atoms with Gasteiger partial charge in [-0.1, -0.05) is 13.0 Å². The Morgan fingerprint density at radius 2 is 2.17 bits per heavy atom. The first-order valence-electron chi connectivity index (χ1n) is 7.86. The van der Waals surface area contributed by atoms with Crippen LogP contribution in [0.25, 0.3) is 10.9 Å². The number of nitriles is 1. The second-order valence-electron chi connectivity index (χ2n) is 5.69. The van der Waals surface area contributed by atoms with E-state index >= 15 is 0 Å². The van der Waals surface area contributed by atoms with E-state index in [9.17, 15) is 4.79 Å². The summed E-state index contributed by atoms with van der Waals surface area (Å²) >= 11 is 0. The standard InChI is InChI=1S/C19H18N4O/c1-3-17-12(2)16-8-13(4-7-18(16)23-17)10-22-19(24)14-5-6-15(9-20)21-11-14/h4-8,11,23H,3,10H2,1-2H3,(H,22,24). The number of hydrogen-bond acceptors (Lipinski definition) is 3. The average molecular weight is 318 g/mol. The molecule has 0 aliphatic heterocycles. The smallest absolute Gasteiger partial charge is 0.253 e. The fourth-order valence-electron chi connectivity index (χ4n) is 2.77. The SMILES string of the molecule is CCc1[nH]c2ccc(CNC(=O)c3ccc(C#N)nc3)cc2c1C. The van der Waals surface area contributed by atoms with Crippen LogP contribution in [-0.2, 0) is 13.0 Å². The number of fused-ring (bicyclic) bond motifs is 1. The quantitative estimate of drug-likeness (QED) is 0.775. The number of H-pyrrole nitrogens is 1. The van der Waals surface area contributed by atoms with Gasteiger partial charge in [-0.2, -0.15) is 5.26 Å². The Kier molecular flexibility index (Phi) is 4.30. The Morgan fingerprint density at radius 3 is 2.83 bits per heavy atom. The molecule has 3 rings (SSSR count). The summed E-state index contributed by atoms with van der Waals surface area (Å²) in [5.74, 6) is -0.202.